The lowest BCUT2D eigenvalue weighted by molar-refractivity contribution is -0.122. The van der Waals surface area contributed by atoms with Gasteiger partial charge >= 0.3 is 0 Å². The van der Waals surface area contributed by atoms with Crippen LogP contribution in [0.1, 0.15) is 52.4 Å². The fraction of sp³-hybridized carbons (Fsp3) is 0.929. The SMILES string of the molecule is CC(C)(CCCl)CNC(=O)CCC1CCCCO1. The minimum atomic E-state index is 0.0821. The number of nitrogens with one attached hydrogen (secondary N) is 1. The van der Waals surface area contributed by atoms with Crippen LogP contribution in [-0.2, 0) is 9.53 Å². The van der Waals surface area contributed by atoms with E-state index < -0.39 is 0 Å². The molecule has 0 radical (unpaired) electrons. The second kappa shape index (κ2) is 8.00. The monoisotopic (exact) mass is 275 g/mol. The zero-order chi connectivity index (χ0) is 13.4. The Balaban J connectivity index is 2.13. The van der Waals surface area contributed by atoms with Gasteiger partial charge in [-0.2, -0.15) is 0 Å². The number of rotatable bonds is 7. The average Bonchev–Trinajstić information content (AvgIpc) is 2.35. The molecule has 3 nitrogen and oxygen atoms in total. The van der Waals surface area contributed by atoms with Crippen molar-refractivity contribution in [1.29, 1.82) is 0 Å². The van der Waals surface area contributed by atoms with E-state index in [2.05, 4.69) is 19.2 Å². The Morgan fingerprint density at radius 3 is 2.83 bits per heavy atom. The van der Waals surface area contributed by atoms with Crippen LogP contribution in [0.2, 0.25) is 0 Å². The summed E-state index contributed by atoms with van der Waals surface area (Å²) in [6, 6.07) is 0. The van der Waals surface area contributed by atoms with Crippen LogP contribution < -0.4 is 5.32 Å². The van der Waals surface area contributed by atoms with Gasteiger partial charge in [0.25, 0.3) is 0 Å². The highest BCUT2D eigenvalue weighted by Gasteiger charge is 2.19. The van der Waals surface area contributed by atoms with Gasteiger partial charge in [-0.1, -0.05) is 13.8 Å². The molecule has 4 heteroatoms. The van der Waals surface area contributed by atoms with Gasteiger partial charge in [-0.3, -0.25) is 4.79 Å². The summed E-state index contributed by atoms with van der Waals surface area (Å²) in [6.45, 7) is 5.80. The normalized spacial score (nSPS) is 20.7. The summed E-state index contributed by atoms with van der Waals surface area (Å²) in [5.74, 6) is 0.769. The minimum absolute atomic E-state index is 0.0821. The molecule has 0 bridgehead atoms. The Kier molecular flexibility index (Phi) is 7.02. The zero-order valence-electron chi connectivity index (χ0n) is 11.6. The molecule has 1 amide bonds. The van der Waals surface area contributed by atoms with Crippen molar-refractivity contribution >= 4 is 17.5 Å². The summed E-state index contributed by atoms with van der Waals surface area (Å²) < 4.78 is 5.61. The van der Waals surface area contributed by atoms with Gasteiger partial charge in [-0.05, 0) is 37.5 Å². The third kappa shape index (κ3) is 6.60. The largest absolute Gasteiger partial charge is 0.378 e. The summed E-state index contributed by atoms with van der Waals surface area (Å²) >= 11 is 5.73. The van der Waals surface area contributed by atoms with Gasteiger partial charge in [-0.15, -0.1) is 11.6 Å². The molecule has 0 aromatic heterocycles. The number of alkyl halides is 1. The third-order valence-corrected chi connectivity index (χ3v) is 3.69. The van der Waals surface area contributed by atoms with Gasteiger partial charge in [0.1, 0.15) is 0 Å². The molecule has 0 aliphatic carbocycles. The first-order valence-corrected chi connectivity index (χ1v) is 7.51. The van der Waals surface area contributed by atoms with Crippen molar-refractivity contribution in [3.63, 3.8) is 0 Å². The van der Waals surface area contributed by atoms with Gasteiger partial charge < -0.3 is 10.1 Å². The lowest BCUT2D eigenvalue weighted by Gasteiger charge is -2.25. The maximum absolute atomic E-state index is 11.7. The van der Waals surface area contributed by atoms with Crippen molar-refractivity contribution in [2.75, 3.05) is 19.0 Å². The summed E-state index contributed by atoms with van der Waals surface area (Å²) in [5.41, 5.74) is 0.0821. The molecule has 1 atom stereocenters. The topological polar surface area (TPSA) is 38.3 Å². The Hall–Kier alpha value is -0.280. The number of carbonyl (C=O) groups excluding carboxylic acids is 1. The molecule has 1 saturated heterocycles. The molecule has 0 aromatic carbocycles. The van der Waals surface area contributed by atoms with E-state index in [-0.39, 0.29) is 11.3 Å². The second-order valence-electron chi connectivity index (χ2n) is 5.91. The lowest BCUT2D eigenvalue weighted by atomic mass is 9.90. The molecule has 1 aliphatic rings. The number of hydrogen-bond acceptors (Lipinski definition) is 2. The third-order valence-electron chi connectivity index (χ3n) is 3.50. The van der Waals surface area contributed by atoms with E-state index in [1.807, 2.05) is 0 Å². The number of hydrogen-bond donors (Lipinski definition) is 1. The van der Waals surface area contributed by atoms with Crippen LogP contribution in [0.5, 0.6) is 0 Å². The molecule has 0 saturated carbocycles. The summed E-state index contributed by atoms with van der Waals surface area (Å²) in [7, 11) is 0. The molecule has 1 unspecified atom stereocenters. The molecule has 1 heterocycles. The first kappa shape index (κ1) is 15.8. The van der Waals surface area contributed by atoms with E-state index in [4.69, 9.17) is 16.3 Å². The highest BCUT2D eigenvalue weighted by Crippen LogP contribution is 2.20. The summed E-state index contributed by atoms with van der Waals surface area (Å²) in [6.07, 6.45) is 6.12. The molecular weight excluding hydrogens is 250 g/mol. The van der Waals surface area contributed by atoms with E-state index in [9.17, 15) is 4.79 Å². The molecule has 1 N–H and O–H groups in total. The van der Waals surface area contributed by atoms with Crippen molar-refractivity contribution in [1.82, 2.24) is 5.32 Å². The van der Waals surface area contributed by atoms with Crippen LogP contribution in [0.25, 0.3) is 0 Å². The maximum Gasteiger partial charge on any atom is 0.220 e. The standard InChI is InChI=1S/C14H26ClNO2/c1-14(2,8-9-15)11-16-13(17)7-6-12-5-3-4-10-18-12/h12H,3-11H2,1-2H3,(H,16,17). The Morgan fingerprint density at radius 1 is 1.44 bits per heavy atom. The summed E-state index contributed by atoms with van der Waals surface area (Å²) in [5, 5.41) is 2.99. The van der Waals surface area contributed by atoms with Crippen LogP contribution >= 0.6 is 11.6 Å². The number of ether oxygens (including phenoxy) is 1. The maximum atomic E-state index is 11.7. The minimum Gasteiger partial charge on any atom is -0.378 e. The molecule has 1 fully saturated rings. The first-order chi connectivity index (χ1) is 8.53. The Labute approximate surface area is 116 Å². The van der Waals surface area contributed by atoms with Crippen molar-refractivity contribution in [3.8, 4) is 0 Å². The molecular formula is C14H26ClNO2. The van der Waals surface area contributed by atoms with E-state index in [1.165, 1.54) is 6.42 Å². The molecule has 0 aromatic rings. The van der Waals surface area contributed by atoms with Crippen molar-refractivity contribution in [3.05, 3.63) is 0 Å². The Bertz CT molecular complexity index is 250. The number of amides is 1. The van der Waals surface area contributed by atoms with E-state index in [1.54, 1.807) is 0 Å². The quantitative estimate of drug-likeness (QED) is 0.725. The van der Waals surface area contributed by atoms with Gasteiger partial charge in [-0.25, -0.2) is 0 Å². The van der Waals surface area contributed by atoms with E-state index in [0.29, 0.717) is 24.9 Å². The Morgan fingerprint density at radius 2 is 2.22 bits per heavy atom. The van der Waals surface area contributed by atoms with Crippen molar-refractivity contribution in [2.24, 2.45) is 5.41 Å². The highest BCUT2D eigenvalue weighted by molar-refractivity contribution is 6.17. The smallest absolute Gasteiger partial charge is 0.220 e. The van der Waals surface area contributed by atoms with E-state index >= 15 is 0 Å². The van der Waals surface area contributed by atoms with E-state index in [0.717, 1.165) is 32.3 Å². The molecule has 0 spiro atoms. The predicted molar refractivity (Wildman–Crippen MR) is 75.0 cm³/mol. The van der Waals surface area contributed by atoms with Crippen LogP contribution in [0.4, 0.5) is 0 Å². The molecule has 106 valence electrons. The second-order valence-corrected chi connectivity index (χ2v) is 6.29. The van der Waals surface area contributed by atoms with Crippen LogP contribution in [0, 0.1) is 5.41 Å². The molecule has 18 heavy (non-hydrogen) atoms. The van der Waals surface area contributed by atoms with Gasteiger partial charge in [0.15, 0.2) is 0 Å². The van der Waals surface area contributed by atoms with Crippen molar-refractivity contribution in [2.45, 2.75) is 58.5 Å². The number of carbonyl (C=O) groups is 1. The summed E-state index contributed by atoms with van der Waals surface area (Å²) in [4.78, 5) is 11.7. The fourth-order valence-electron chi connectivity index (χ4n) is 2.10. The van der Waals surface area contributed by atoms with Gasteiger partial charge in [0.2, 0.25) is 5.91 Å². The fourth-order valence-corrected chi connectivity index (χ4v) is 2.61. The first-order valence-electron chi connectivity index (χ1n) is 6.98. The van der Waals surface area contributed by atoms with Crippen LogP contribution in [-0.4, -0.2) is 31.0 Å². The van der Waals surface area contributed by atoms with Crippen LogP contribution in [0.3, 0.4) is 0 Å². The number of halogens is 1. The van der Waals surface area contributed by atoms with Crippen molar-refractivity contribution < 1.29 is 9.53 Å². The average molecular weight is 276 g/mol. The highest BCUT2D eigenvalue weighted by atomic mass is 35.5. The van der Waals surface area contributed by atoms with Crippen LogP contribution in [0.15, 0.2) is 0 Å². The lowest BCUT2D eigenvalue weighted by Crippen LogP contribution is -2.34. The molecule has 1 aliphatic heterocycles. The predicted octanol–water partition coefficient (Wildman–Crippen LogP) is 3.11. The van der Waals surface area contributed by atoms with Gasteiger partial charge in [0, 0.05) is 25.5 Å². The van der Waals surface area contributed by atoms with Gasteiger partial charge in [0.05, 0.1) is 6.10 Å². The zero-order valence-corrected chi connectivity index (χ0v) is 12.4. The molecule has 1 rings (SSSR count).